The molecule has 0 radical (unpaired) electrons. The minimum atomic E-state index is 0.175. The monoisotopic (exact) mass is 408 g/mol. The number of hydrogen-bond acceptors (Lipinski definition) is 4. The highest BCUT2D eigenvalue weighted by Gasteiger charge is 2.28. The Kier molecular flexibility index (Phi) is 5.14. The number of thiophene rings is 1. The Labute approximate surface area is 175 Å². The van der Waals surface area contributed by atoms with Gasteiger partial charge in [0, 0.05) is 37.6 Å². The van der Waals surface area contributed by atoms with Gasteiger partial charge in [0.25, 0.3) is 5.91 Å². The van der Waals surface area contributed by atoms with Gasteiger partial charge in [0.2, 0.25) is 0 Å². The lowest BCUT2D eigenvalue weighted by molar-refractivity contribution is 0.0527. The van der Waals surface area contributed by atoms with Crippen molar-refractivity contribution in [3.63, 3.8) is 0 Å². The van der Waals surface area contributed by atoms with Gasteiger partial charge in [-0.2, -0.15) is 5.10 Å². The van der Waals surface area contributed by atoms with Gasteiger partial charge in [0.1, 0.15) is 4.83 Å². The Hall–Kier alpha value is -2.18. The van der Waals surface area contributed by atoms with Crippen molar-refractivity contribution in [2.45, 2.75) is 45.1 Å². The molecule has 29 heavy (non-hydrogen) atoms. The fourth-order valence-corrected chi connectivity index (χ4v) is 5.94. The van der Waals surface area contributed by atoms with E-state index in [1.807, 2.05) is 40.8 Å². The lowest BCUT2D eigenvalue weighted by Crippen LogP contribution is -2.52. The van der Waals surface area contributed by atoms with Crippen LogP contribution in [0.25, 0.3) is 15.9 Å². The molecule has 2 aromatic heterocycles. The highest BCUT2D eigenvalue weighted by Crippen LogP contribution is 2.31. The van der Waals surface area contributed by atoms with Crippen LogP contribution in [0, 0.1) is 6.92 Å². The Bertz CT molecular complexity index is 995. The van der Waals surface area contributed by atoms with Crippen molar-refractivity contribution in [1.82, 2.24) is 19.6 Å². The summed E-state index contributed by atoms with van der Waals surface area (Å²) in [6, 6.07) is 12.9. The molecule has 3 heterocycles. The number of carbonyl (C=O) groups excluding carboxylic acids is 1. The summed E-state index contributed by atoms with van der Waals surface area (Å²) in [5.41, 5.74) is 2.01. The van der Waals surface area contributed by atoms with Crippen LogP contribution in [0.2, 0.25) is 0 Å². The Balaban J connectivity index is 1.33. The van der Waals surface area contributed by atoms with Crippen LogP contribution in [0.4, 0.5) is 0 Å². The average molecular weight is 409 g/mol. The summed E-state index contributed by atoms with van der Waals surface area (Å²) in [5, 5.41) is 5.78. The molecule has 1 aliphatic carbocycles. The standard InChI is InChI=1S/C23H28N4OS/c1-17-20-16-21(29-23(20)27(24-17)19-10-6-3-7-11-19)22(28)26-14-12-25(13-15-26)18-8-4-2-5-9-18/h3,6-7,10-11,16,18H,2,4-5,8-9,12-15H2,1H3. The summed E-state index contributed by atoms with van der Waals surface area (Å²) in [6.07, 6.45) is 6.78. The van der Waals surface area contributed by atoms with Crippen molar-refractivity contribution >= 4 is 27.5 Å². The molecule has 5 rings (SSSR count). The molecule has 0 N–H and O–H groups in total. The zero-order valence-electron chi connectivity index (χ0n) is 17.0. The molecule has 3 aromatic rings. The maximum Gasteiger partial charge on any atom is 0.264 e. The first-order valence-corrected chi connectivity index (χ1v) is 11.6. The van der Waals surface area contributed by atoms with Gasteiger partial charge in [-0.25, -0.2) is 4.68 Å². The summed E-state index contributed by atoms with van der Waals surface area (Å²) < 4.78 is 1.97. The summed E-state index contributed by atoms with van der Waals surface area (Å²) in [5.74, 6) is 0.175. The third-order valence-electron chi connectivity index (χ3n) is 6.45. The van der Waals surface area contributed by atoms with Crippen LogP contribution >= 0.6 is 11.3 Å². The van der Waals surface area contributed by atoms with Gasteiger partial charge in [-0.15, -0.1) is 11.3 Å². The van der Waals surface area contributed by atoms with Crippen molar-refractivity contribution < 1.29 is 4.79 Å². The van der Waals surface area contributed by atoms with Gasteiger partial charge < -0.3 is 4.90 Å². The van der Waals surface area contributed by atoms with E-state index in [1.165, 1.54) is 32.1 Å². The lowest BCUT2D eigenvalue weighted by atomic mass is 9.94. The zero-order chi connectivity index (χ0) is 19.8. The number of rotatable bonds is 3. The molecule has 5 nitrogen and oxygen atoms in total. The fourth-order valence-electron chi connectivity index (χ4n) is 4.79. The maximum absolute atomic E-state index is 13.2. The molecule has 2 aliphatic rings. The molecule has 2 fully saturated rings. The predicted octanol–water partition coefficient (Wildman–Crippen LogP) is 4.49. The van der Waals surface area contributed by atoms with Crippen molar-refractivity contribution in [2.75, 3.05) is 26.2 Å². The largest absolute Gasteiger partial charge is 0.335 e. The number of nitrogens with zero attached hydrogens (tertiary/aromatic N) is 4. The highest BCUT2D eigenvalue weighted by atomic mass is 32.1. The van der Waals surface area contributed by atoms with Gasteiger partial charge in [-0.3, -0.25) is 9.69 Å². The minimum Gasteiger partial charge on any atom is -0.335 e. The second-order valence-electron chi connectivity index (χ2n) is 8.28. The van der Waals surface area contributed by atoms with Crippen LogP contribution in [-0.4, -0.2) is 57.7 Å². The molecule has 0 spiro atoms. The van der Waals surface area contributed by atoms with E-state index < -0.39 is 0 Å². The second kappa shape index (κ2) is 7.92. The number of hydrogen-bond donors (Lipinski definition) is 0. The van der Waals surface area contributed by atoms with E-state index in [4.69, 9.17) is 5.10 Å². The van der Waals surface area contributed by atoms with E-state index in [0.717, 1.165) is 58.7 Å². The predicted molar refractivity (Wildman–Crippen MR) is 118 cm³/mol. The van der Waals surface area contributed by atoms with E-state index in [2.05, 4.69) is 17.0 Å². The van der Waals surface area contributed by atoms with E-state index in [9.17, 15) is 4.79 Å². The number of para-hydroxylation sites is 1. The number of carbonyl (C=O) groups is 1. The fraction of sp³-hybridized carbons (Fsp3) is 0.478. The van der Waals surface area contributed by atoms with Crippen molar-refractivity contribution in [3.05, 3.63) is 47.0 Å². The van der Waals surface area contributed by atoms with E-state index in [0.29, 0.717) is 0 Å². The molecular weight excluding hydrogens is 380 g/mol. The van der Waals surface area contributed by atoms with E-state index in [-0.39, 0.29) is 5.91 Å². The first-order valence-electron chi connectivity index (χ1n) is 10.8. The maximum atomic E-state index is 13.2. The molecule has 0 unspecified atom stereocenters. The van der Waals surface area contributed by atoms with Gasteiger partial charge >= 0.3 is 0 Å². The van der Waals surface area contributed by atoms with Crippen LogP contribution in [0.15, 0.2) is 36.4 Å². The topological polar surface area (TPSA) is 41.4 Å². The molecule has 152 valence electrons. The van der Waals surface area contributed by atoms with Crippen LogP contribution in [-0.2, 0) is 0 Å². The summed E-state index contributed by atoms with van der Waals surface area (Å²) >= 11 is 1.57. The molecule has 1 saturated carbocycles. The molecule has 6 heteroatoms. The Morgan fingerprint density at radius 2 is 1.76 bits per heavy atom. The summed E-state index contributed by atoms with van der Waals surface area (Å²) in [6.45, 7) is 5.72. The SMILES string of the molecule is Cc1nn(-c2ccccc2)c2sc(C(=O)N3CCN(C4CCCCC4)CC3)cc12. The van der Waals surface area contributed by atoms with Crippen molar-refractivity contribution in [2.24, 2.45) is 0 Å². The number of piperazine rings is 1. The average Bonchev–Trinajstić information content (AvgIpc) is 3.35. The highest BCUT2D eigenvalue weighted by molar-refractivity contribution is 7.20. The summed E-state index contributed by atoms with van der Waals surface area (Å²) in [7, 11) is 0. The van der Waals surface area contributed by atoms with E-state index >= 15 is 0 Å². The first-order chi connectivity index (χ1) is 14.2. The molecule has 1 aromatic carbocycles. The smallest absolute Gasteiger partial charge is 0.264 e. The number of aromatic nitrogens is 2. The Morgan fingerprint density at radius 1 is 1.03 bits per heavy atom. The first kappa shape index (κ1) is 18.8. The number of amides is 1. The Morgan fingerprint density at radius 3 is 2.48 bits per heavy atom. The number of fused-ring (bicyclic) bond motifs is 1. The van der Waals surface area contributed by atoms with Crippen molar-refractivity contribution in [3.8, 4) is 5.69 Å². The van der Waals surface area contributed by atoms with Gasteiger partial charge in [-0.05, 0) is 38.0 Å². The normalized spacial score (nSPS) is 19.1. The van der Waals surface area contributed by atoms with Crippen LogP contribution < -0.4 is 0 Å². The van der Waals surface area contributed by atoms with E-state index in [1.54, 1.807) is 11.3 Å². The third kappa shape index (κ3) is 3.60. The molecular formula is C23H28N4OS. The van der Waals surface area contributed by atoms with Crippen LogP contribution in [0.5, 0.6) is 0 Å². The molecule has 0 atom stereocenters. The lowest BCUT2D eigenvalue weighted by Gasteiger charge is -2.40. The quantitative estimate of drug-likeness (QED) is 0.641. The van der Waals surface area contributed by atoms with Crippen LogP contribution in [0.1, 0.15) is 47.5 Å². The zero-order valence-corrected chi connectivity index (χ0v) is 17.8. The van der Waals surface area contributed by atoms with Crippen molar-refractivity contribution in [1.29, 1.82) is 0 Å². The molecule has 0 bridgehead atoms. The summed E-state index contributed by atoms with van der Waals surface area (Å²) in [4.78, 5) is 19.7. The van der Waals surface area contributed by atoms with Gasteiger partial charge in [0.15, 0.2) is 0 Å². The molecule has 1 saturated heterocycles. The second-order valence-corrected chi connectivity index (χ2v) is 9.31. The minimum absolute atomic E-state index is 0.175. The number of aryl methyl sites for hydroxylation is 1. The molecule has 1 aliphatic heterocycles. The van der Waals surface area contributed by atoms with Gasteiger partial charge in [0.05, 0.1) is 16.3 Å². The third-order valence-corrected chi connectivity index (χ3v) is 7.55. The molecule has 1 amide bonds. The van der Waals surface area contributed by atoms with Crippen LogP contribution in [0.3, 0.4) is 0 Å². The van der Waals surface area contributed by atoms with Gasteiger partial charge in [-0.1, -0.05) is 37.5 Å². The number of benzene rings is 1.